The van der Waals surface area contributed by atoms with Gasteiger partial charge in [-0.05, 0) is 36.3 Å². The lowest BCUT2D eigenvalue weighted by Crippen LogP contribution is -2.20. The Labute approximate surface area is 135 Å². The van der Waals surface area contributed by atoms with Crippen LogP contribution < -0.4 is 5.30 Å². The first-order valence-electron chi connectivity index (χ1n) is 7.59. The highest BCUT2D eigenvalue weighted by Gasteiger charge is 2.28. The molecule has 0 aliphatic rings. The van der Waals surface area contributed by atoms with Gasteiger partial charge in [-0.3, -0.25) is 4.99 Å². The molecule has 0 spiro atoms. The third kappa shape index (κ3) is 3.56. The Bertz CT molecular complexity index is 681. The Hall–Kier alpha value is -1.66. The number of phenols is 1. The van der Waals surface area contributed by atoms with Gasteiger partial charge in [0.05, 0.1) is 0 Å². The molecule has 0 aliphatic heterocycles. The first kappa shape index (κ1) is 16.7. The molecule has 0 bridgehead atoms. The quantitative estimate of drug-likeness (QED) is 0.645. The number of benzene rings is 2. The third-order valence-electron chi connectivity index (χ3n) is 4.09. The number of aliphatic imine (C=N–C) groups is 1. The zero-order valence-electron chi connectivity index (χ0n) is 13.7. The number of hydrogen-bond donors (Lipinski definition) is 1. The molecule has 3 heteroatoms. The van der Waals surface area contributed by atoms with Crippen molar-refractivity contribution in [3.05, 3.63) is 59.2 Å². The third-order valence-corrected chi connectivity index (χ3v) is 5.99. The van der Waals surface area contributed by atoms with Crippen molar-refractivity contribution in [3.8, 4) is 5.75 Å². The van der Waals surface area contributed by atoms with Gasteiger partial charge in [-0.2, -0.15) is 0 Å². The molecule has 2 aromatic carbocycles. The first-order valence-corrected chi connectivity index (χ1v) is 8.59. The molecule has 1 N–H and O–H groups in total. The summed E-state index contributed by atoms with van der Waals surface area (Å²) in [6.07, 6.45) is 2.90. The lowest BCUT2D eigenvalue weighted by atomic mass is 9.96. The second kappa shape index (κ2) is 7.07. The van der Waals surface area contributed by atoms with Crippen LogP contribution in [0.4, 0.5) is 0 Å². The summed E-state index contributed by atoms with van der Waals surface area (Å²) in [7, 11) is 2.38. The fourth-order valence-corrected chi connectivity index (χ4v) is 4.19. The molecule has 2 unspecified atom stereocenters. The maximum atomic E-state index is 10.3. The largest absolute Gasteiger partial charge is 0.508 e. The first-order chi connectivity index (χ1) is 10.5. The van der Waals surface area contributed by atoms with Gasteiger partial charge in [0.2, 0.25) is 0 Å². The number of phenolic OH excluding ortho intramolecular Hbond substituents is 1. The van der Waals surface area contributed by atoms with Crippen molar-refractivity contribution in [2.75, 3.05) is 7.05 Å². The van der Waals surface area contributed by atoms with Gasteiger partial charge >= 0.3 is 0 Å². The molecule has 0 saturated carbocycles. The van der Waals surface area contributed by atoms with E-state index in [1.807, 2.05) is 24.4 Å². The van der Waals surface area contributed by atoms with E-state index in [4.69, 9.17) is 0 Å². The molecule has 2 rings (SSSR count). The van der Waals surface area contributed by atoms with Gasteiger partial charge in [-0.15, -0.1) is 0 Å². The smallest absolute Gasteiger partial charge is 0.119 e. The van der Waals surface area contributed by atoms with Crippen molar-refractivity contribution in [2.24, 2.45) is 4.99 Å². The fraction of sp³-hybridized carbons (Fsp3) is 0.316. The van der Waals surface area contributed by atoms with Gasteiger partial charge in [-0.25, -0.2) is 0 Å². The highest BCUT2D eigenvalue weighted by atomic mass is 31.1. The number of rotatable bonds is 5. The Morgan fingerprint density at radius 1 is 1.23 bits per heavy atom. The van der Waals surface area contributed by atoms with E-state index < -0.39 is 0 Å². The van der Waals surface area contributed by atoms with Crippen molar-refractivity contribution in [2.45, 2.75) is 32.3 Å². The zero-order chi connectivity index (χ0) is 16.2. The summed E-state index contributed by atoms with van der Waals surface area (Å²) in [4.78, 5) is 4.18. The van der Waals surface area contributed by atoms with Gasteiger partial charge in [0.15, 0.2) is 0 Å². The molecule has 116 valence electrons. The Balaban J connectivity index is 2.45. The summed E-state index contributed by atoms with van der Waals surface area (Å²) < 4.78 is 0. The monoisotopic (exact) mass is 313 g/mol. The van der Waals surface area contributed by atoms with E-state index in [1.54, 1.807) is 13.1 Å². The number of aromatic hydroxyl groups is 1. The van der Waals surface area contributed by atoms with Crippen LogP contribution in [0.25, 0.3) is 0 Å². The van der Waals surface area contributed by atoms with Crippen LogP contribution in [0.5, 0.6) is 5.75 Å². The highest BCUT2D eigenvalue weighted by molar-refractivity contribution is 7.48. The molecule has 0 heterocycles. The van der Waals surface area contributed by atoms with Crippen molar-refractivity contribution < 1.29 is 5.11 Å². The zero-order valence-corrected chi connectivity index (χ0v) is 14.7. The molecule has 0 amide bonds. The Morgan fingerprint density at radius 2 is 1.95 bits per heavy atom. The molecule has 2 atom stereocenters. The van der Waals surface area contributed by atoms with Crippen LogP contribution in [0, 0.1) is 6.92 Å². The molecule has 0 aliphatic carbocycles. The molecule has 2 nitrogen and oxygen atoms in total. The van der Waals surface area contributed by atoms with Crippen LogP contribution in [-0.2, 0) is 5.16 Å². The van der Waals surface area contributed by atoms with Gasteiger partial charge in [-0.1, -0.05) is 58.3 Å². The van der Waals surface area contributed by atoms with E-state index in [0.717, 1.165) is 12.0 Å². The fourth-order valence-electron chi connectivity index (χ4n) is 2.63. The molecule has 22 heavy (non-hydrogen) atoms. The average Bonchev–Trinajstić information content (AvgIpc) is 2.50. The highest BCUT2D eigenvalue weighted by Crippen LogP contribution is 2.47. The van der Waals surface area contributed by atoms with E-state index in [2.05, 4.69) is 44.0 Å². The Kier molecular flexibility index (Phi) is 5.37. The number of para-hydroxylation sites is 1. The minimum absolute atomic E-state index is 0.0725. The van der Waals surface area contributed by atoms with Gasteiger partial charge in [0.1, 0.15) is 5.75 Å². The van der Waals surface area contributed by atoms with Crippen LogP contribution in [0.1, 0.15) is 37.0 Å². The van der Waals surface area contributed by atoms with Gasteiger partial charge in [0, 0.05) is 24.0 Å². The lowest BCUT2D eigenvalue weighted by Gasteiger charge is -2.30. The second-order valence-electron chi connectivity index (χ2n) is 5.81. The topological polar surface area (TPSA) is 32.6 Å². The lowest BCUT2D eigenvalue weighted by molar-refractivity contribution is 0.457. The summed E-state index contributed by atoms with van der Waals surface area (Å²) in [5.41, 5.74) is 3.44. The van der Waals surface area contributed by atoms with E-state index in [9.17, 15) is 5.11 Å². The van der Waals surface area contributed by atoms with Crippen molar-refractivity contribution >= 4 is 20.1 Å². The summed E-state index contributed by atoms with van der Waals surface area (Å²) in [6.45, 7) is 6.51. The molecule has 0 radical (unpaired) electrons. The average molecular weight is 313 g/mol. The van der Waals surface area contributed by atoms with E-state index in [-0.39, 0.29) is 5.16 Å². The summed E-state index contributed by atoms with van der Waals surface area (Å²) in [6, 6.07) is 14.2. The summed E-state index contributed by atoms with van der Waals surface area (Å²) in [5.74, 6) is 0.386. The van der Waals surface area contributed by atoms with Crippen molar-refractivity contribution in [1.29, 1.82) is 0 Å². The normalized spacial score (nSPS) is 14.7. The maximum absolute atomic E-state index is 10.3. The van der Waals surface area contributed by atoms with E-state index >= 15 is 0 Å². The van der Waals surface area contributed by atoms with Crippen LogP contribution in [0.15, 0.2) is 47.5 Å². The molecule has 0 aromatic heterocycles. The van der Waals surface area contributed by atoms with E-state index in [1.165, 1.54) is 16.4 Å². The molecule has 0 fully saturated rings. The van der Waals surface area contributed by atoms with Crippen LogP contribution in [-0.4, -0.2) is 18.4 Å². The predicted octanol–water partition coefficient (Wildman–Crippen LogP) is 4.38. The molecular formula is C19H24NOP. The van der Waals surface area contributed by atoms with Crippen LogP contribution in [0.2, 0.25) is 0 Å². The van der Waals surface area contributed by atoms with Gasteiger partial charge in [0.25, 0.3) is 0 Å². The number of hydrogen-bond acceptors (Lipinski definition) is 2. The summed E-state index contributed by atoms with van der Waals surface area (Å²) >= 11 is 0. The molecule has 0 saturated heterocycles. The minimum atomic E-state index is -0.0725. The number of aryl methyl sites for hydroxylation is 1. The van der Waals surface area contributed by atoms with Crippen LogP contribution in [0.3, 0.4) is 0 Å². The maximum Gasteiger partial charge on any atom is 0.119 e. The summed E-state index contributed by atoms with van der Waals surface area (Å²) in [5, 5.41) is 11.5. The minimum Gasteiger partial charge on any atom is -0.508 e. The second-order valence-corrected chi connectivity index (χ2v) is 7.70. The standard InChI is InChI=1S/C19H24NOP/c1-5-19(3,16-8-6-7-9-17(16)21)22-18-11-10-14(2)12-15(18)13-20-4/h6-13,21-22H,5H2,1-4H3/b20-13+. The van der Waals surface area contributed by atoms with E-state index in [0.29, 0.717) is 14.3 Å². The predicted molar refractivity (Wildman–Crippen MR) is 98.4 cm³/mol. The van der Waals surface area contributed by atoms with Crippen LogP contribution >= 0.6 is 8.58 Å². The Morgan fingerprint density at radius 3 is 2.59 bits per heavy atom. The molecule has 2 aromatic rings. The SMILES string of the molecule is CCC(C)(Pc1ccc(C)cc1/C=N/C)c1ccccc1O. The van der Waals surface area contributed by atoms with Gasteiger partial charge < -0.3 is 5.11 Å². The molecular weight excluding hydrogens is 289 g/mol. The number of nitrogens with zero attached hydrogens (tertiary/aromatic N) is 1. The van der Waals surface area contributed by atoms with Crippen molar-refractivity contribution in [3.63, 3.8) is 0 Å². The van der Waals surface area contributed by atoms with Crippen molar-refractivity contribution in [1.82, 2.24) is 0 Å².